The topological polar surface area (TPSA) is 99.1 Å². The SMILES string of the molecule is CCOc1cc([C@H]2C3=C(CC(C)(C)CC3=O)N=C3CC(C)(C)CC(=O)C32)cc(Br)c1OS(=O)(=O)c1ccccc1. The first-order chi connectivity index (χ1) is 18.7. The quantitative estimate of drug-likeness (QED) is 0.327. The number of carbonyl (C=O) groups excluding carboxylic acids is 2. The number of fused-ring (bicyclic) bond motifs is 1. The molecule has 0 saturated heterocycles. The Hall–Kier alpha value is -2.78. The molecule has 9 heteroatoms. The summed E-state index contributed by atoms with van der Waals surface area (Å²) in [7, 11) is -4.14. The van der Waals surface area contributed by atoms with Gasteiger partial charge in [0.25, 0.3) is 0 Å². The molecule has 5 rings (SSSR count). The van der Waals surface area contributed by atoms with Gasteiger partial charge in [-0.1, -0.05) is 45.9 Å². The lowest BCUT2D eigenvalue weighted by Gasteiger charge is -2.44. The molecule has 0 N–H and O–H groups in total. The third kappa shape index (κ3) is 5.42. The number of halogens is 1. The lowest BCUT2D eigenvalue weighted by Crippen LogP contribution is -2.45. The normalized spacial score (nSPS) is 23.7. The van der Waals surface area contributed by atoms with Crippen LogP contribution in [0, 0.1) is 16.7 Å². The summed E-state index contributed by atoms with van der Waals surface area (Å²) in [6.07, 6.45) is 2.08. The predicted molar refractivity (Wildman–Crippen MR) is 156 cm³/mol. The van der Waals surface area contributed by atoms with Crippen molar-refractivity contribution >= 4 is 43.3 Å². The maximum Gasteiger partial charge on any atom is 0.339 e. The van der Waals surface area contributed by atoms with Crippen LogP contribution in [-0.4, -0.2) is 32.3 Å². The number of allylic oxidation sites excluding steroid dienone is 2. The van der Waals surface area contributed by atoms with Crippen molar-refractivity contribution in [3.8, 4) is 11.5 Å². The molecule has 0 aromatic heterocycles. The summed E-state index contributed by atoms with van der Waals surface area (Å²) in [6.45, 7) is 10.3. The fourth-order valence-electron chi connectivity index (χ4n) is 6.23. The minimum atomic E-state index is -4.14. The lowest BCUT2D eigenvalue weighted by atomic mass is 9.60. The highest BCUT2D eigenvalue weighted by atomic mass is 79.9. The van der Waals surface area contributed by atoms with Crippen molar-refractivity contribution in [1.82, 2.24) is 0 Å². The molecule has 1 fully saturated rings. The van der Waals surface area contributed by atoms with Gasteiger partial charge >= 0.3 is 10.1 Å². The van der Waals surface area contributed by atoms with Crippen molar-refractivity contribution in [2.24, 2.45) is 21.7 Å². The van der Waals surface area contributed by atoms with Gasteiger partial charge in [-0.05, 0) is 76.4 Å². The molecule has 2 aromatic carbocycles. The van der Waals surface area contributed by atoms with E-state index in [1.807, 2.05) is 0 Å². The molecular formula is C31H34BrNO6S. The van der Waals surface area contributed by atoms with E-state index in [9.17, 15) is 18.0 Å². The summed E-state index contributed by atoms with van der Waals surface area (Å²) < 4.78 is 38.0. The highest BCUT2D eigenvalue weighted by Crippen LogP contribution is 2.53. The summed E-state index contributed by atoms with van der Waals surface area (Å²) in [6, 6.07) is 11.3. The Balaban J connectivity index is 1.65. The first-order valence-corrected chi connectivity index (χ1v) is 15.7. The number of hydrogen-bond acceptors (Lipinski definition) is 7. The molecule has 1 heterocycles. The highest BCUT2D eigenvalue weighted by Gasteiger charge is 2.50. The number of hydrogen-bond donors (Lipinski definition) is 0. The largest absolute Gasteiger partial charge is 0.490 e. The van der Waals surface area contributed by atoms with Gasteiger partial charge in [-0.25, -0.2) is 0 Å². The number of carbonyl (C=O) groups is 2. The zero-order valence-corrected chi connectivity index (χ0v) is 25.8. The number of benzene rings is 2. The van der Waals surface area contributed by atoms with Gasteiger partial charge in [0.15, 0.2) is 17.3 Å². The molecule has 1 saturated carbocycles. The molecule has 40 heavy (non-hydrogen) atoms. The second-order valence-corrected chi connectivity index (χ2v) is 14.9. The van der Waals surface area contributed by atoms with E-state index in [0.29, 0.717) is 41.3 Å². The molecule has 0 amide bonds. The van der Waals surface area contributed by atoms with Crippen LogP contribution in [0.15, 0.2) is 68.1 Å². The standard InChI is InChI=1S/C31H34BrNO6S/c1-6-38-25-13-18(12-20(32)29(25)39-40(36,37)19-10-8-7-9-11-19)26-27-21(14-30(2,3)16-23(27)34)33-22-15-31(4,5)17-24(35)28(22)26/h7-13,26-27H,6,14-17H2,1-5H3/t26-,27?/m1/s1. The van der Waals surface area contributed by atoms with Crippen LogP contribution >= 0.6 is 15.9 Å². The van der Waals surface area contributed by atoms with Crippen LogP contribution in [0.4, 0.5) is 0 Å². The zero-order chi connectivity index (χ0) is 29.0. The van der Waals surface area contributed by atoms with E-state index in [1.54, 1.807) is 37.3 Å². The Morgan fingerprint density at radius 1 is 0.950 bits per heavy atom. The first-order valence-electron chi connectivity index (χ1n) is 13.5. The molecule has 2 aromatic rings. The summed E-state index contributed by atoms with van der Waals surface area (Å²) in [5.74, 6) is -0.809. The summed E-state index contributed by atoms with van der Waals surface area (Å²) >= 11 is 3.52. The van der Waals surface area contributed by atoms with Crippen molar-refractivity contribution in [2.75, 3.05) is 6.61 Å². The monoisotopic (exact) mass is 627 g/mol. The fourth-order valence-corrected chi connectivity index (χ4v) is 7.85. The van der Waals surface area contributed by atoms with Gasteiger partial charge in [-0.15, -0.1) is 0 Å². The minimum absolute atomic E-state index is 0.00209. The van der Waals surface area contributed by atoms with E-state index in [1.165, 1.54) is 12.1 Å². The maximum atomic E-state index is 13.7. The number of ketones is 2. The van der Waals surface area contributed by atoms with Gasteiger partial charge < -0.3 is 8.92 Å². The van der Waals surface area contributed by atoms with Crippen LogP contribution in [0.2, 0.25) is 0 Å². The van der Waals surface area contributed by atoms with Crippen LogP contribution < -0.4 is 8.92 Å². The van der Waals surface area contributed by atoms with Crippen molar-refractivity contribution in [3.63, 3.8) is 0 Å². The number of aliphatic imine (C=N–C) groups is 1. The van der Waals surface area contributed by atoms with E-state index in [2.05, 4.69) is 43.6 Å². The summed E-state index contributed by atoms with van der Waals surface area (Å²) in [5, 5.41) is 0. The van der Waals surface area contributed by atoms with Gasteiger partial charge in [0, 0.05) is 35.7 Å². The molecule has 2 aliphatic carbocycles. The molecule has 0 spiro atoms. The fraction of sp³-hybridized carbons (Fsp3) is 0.452. The molecule has 0 radical (unpaired) electrons. The van der Waals surface area contributed by atoms with Gasteiger partial charge in [0.2, 0.25) is 0 Å². The van der Waals surface area contributed by atoms with Crippen molar-refractivity contribution in [3.05, 3.63) is 63.8 Å². The van der Waals surface area contributed by atoms with E-state index in [0.717, 1.165) is 11.4 Å². The Kier molecular flexibility index (Phi) is 7.36. The predicted octanol–water partition coefficient (Wildman–Crippen LogP) is 6.80. The first kappa shape index (κ1) is 28.7. The van der Waals surface area contributed by atoms with E-state index >= 15 is 0 Å². The second-order valence-electron chi connectivity index (χ2n) is 12.5. The van der Waals surface area contributed by atoms with Crippen molar-refractivity contribution in [1.29, 1.82) is 0 Å². The highest BCUT2D eigenvalue weighted by molar-refractivity contribution is 9.10. The average Bonchev–Trinajstić information content (AvgIpc) is 2.84. The van der Waals surface area contributed by atoms with Gasteiger partial charge in [0.05, 0.1) is 17.0 Å². The Bertz CT molecular complexity index is 1560. The minimum Gasteiger partial charge on any atom is -0.490 e. The molecule has 1 unspecified atom stereocenters. The van der Waals surface area contributed by atoms with Crippen LogP contribution in [0.5, 0.6) is 11.5 Å². The zero-order valence-electron chi connectivity index (χ0n) is 23.4. The number of rotatable bonds is 6. The van der Waals surface area contributed by atoms with E-state index in [4.69, 9.17) is 13.9 Å². The summed E-state index contributed by atoms with van der Waals surface area (Å²) in [4.78, 5) is 32.3. The van der Waals surface area contributed by atoms with Gasteiger partial charge in [0.1, 0.15) is 10.7 Å². The van der Waals surface area contributed by atoms with Crippen LogP contribution in [0.3, 0.4) is 0 Å². The van der Waals surface area contributed by atoms with E-state index in [-0.39, 0.29) is 45.4 Å². The average molecular weight is 629 g/mol. The molecule has 7 nitrogen and oxygen atoms in total. The number of ether oxygens (including phenoxy) is 1. The van der Waals surface area contributed by atoms with Crippen molar-refractivity contribution < 1.29 is 26.9 Å². The molecular weight excluding hydrogens is 594 g/mol. The third-order valence-corrected chi connectivity index (χ3v) is 9.58. The Morgan fingerprint density at radius 3 is 2.30 bits per heavy atom. The van der Waals surface area contributed by atoms with E-state index < -0.39 is 22.0 Å². The summed E-state index contributed by atoms with van der Waals surface area (Å²) in [5.41, 5.74) is 2.39. The number of nitrogens with zero attached hydrogens (tertiary/aromatic N) is 1. The maximum absolute atomic E-state index is 13.7. The third-order valence-electron chi connectivity index (χ3n) is 7.75. The second kappa shape index (κ2) is 10.2. The molecule has 1 aliphatic heterocycles. The molecule has 2 atom stereocenters. The number of Topliss-reactive ketones (excluding diaryl/α,β-unsaturated/α-hetero) is 2. The lowest BCUT2D eigenvalue weighted by molar-refractivity contribution is -0.124. The van der Waals surface area contributed by atoms with Crippen LogP contribution in [0.25, 0.3) is 0 Å². The van der Waals surface area contributed by atoms with Crippen molar-refractivity contribution in [2.45, 2.75) is 71.1 Å². The molecule has 3 aliphatic rings. The van der Waals surface area contributed by atoms with Gasteiger partial charge in [-0.2, -0.15) is 8.42 Å². The molecule has 212 valence electrons. The van der Waals surface area contributed by atoms with Crippen LogP contribution in [-0.2, 0) is 19.7 Å². The molecule has 0 bridgehead atoms. The van der Waals surface area contributed by atoms with Crippen LogP contribution in [0.1, 0.15) is 71.8 Å². The van der Waals surface area contributed by atoms with Gasteiger partial charge in [-0.3, -0.25) is 14.6 Å². The Labute approximate surface area is 244 Å². The Morgan fingerprint density at radius 2 is 1.62 bits per heavy atom. The smallest absolute Gasteiger partial charge is 0.339 e.